The molecule has 0 saturated carbocycles. The Hall–Kier alpha value is -4.44. The van der Waals surface area contributed by atoms with E-state index in [0.717, 1.165) is 39.8 Å². The number of benzene rings is 2. The fraction of sp³-hybridized carbons (Fsp3) is 0.267. The molecular formula is C30H31N5O4S. The van der Waals surface area contributed by atoms with E-state index in [1.54, 1.807) is 12.3 Å². The van der Waals surface area contributed by atoms with Gasteiger partial charge in [-0.05, 0) is 94.0 Å². The quantitative estimate of drug-likeness (QED) is 0.152. The van der Waals surface area contributed by atoms with E-state index in [4.69, 9.17) is 21.7 Å². The molecule has 0 amide bonds. The Morgan fingerprint density at radius 3 is 2.45 bits per heavy atom. The summed E-state index contributed by atoms with van der Waals surface area (Å²) in [5, 5.41) is 15.5. The molecule has 2 aromatic heterocycles. The van der Waals surface area contributed by atoms with Crippen molar-refractivity contribution in [2.24, 2.45) is 0 Å². The molecule has 4 aromatic rings. The van der Waals surface area contributed by atoms with Gasteiger partial charge in [0.15, 0.2) is 5.11 Å². The second-order valence-electron chi connectivity index (χ2n) is 9.93. The van der Waals surface area contributed by atoms with E-state index < -0.39 is 4.92 Å². The van der Waals surface area contributed by atoms with Crippen LogP contribution in [0, 0.1) is 24.0 Å². The van der Waals surface area contributed by atoms with Crippen LogP contribution in [0.15, 0.2) is 72.9 Å². The van der Waals surface area contributed by atoms with Gasteiger partial charge in [-0.25, -0.2) is 0 Å². The van der Waals surface area contributed by atoms with E-state index in [9.17, 15) is 10.1 Å². The molecule has 1 aliphatic rings. The SMILES string of the molecule is COc1cc([N+](=O)[O-])ccc1-n1c(C)cc(C2C(c3ccccn3)NC(=S)N2c2ccc(OC(C)C)cc2)c1C. The fourth-order valence-electron chi connectivity index (χ4n) is 5.33. The number of methoxy groups -OCH3 is 1. The van der Waals surface area contributed by atoms with E-state index in [1.165, 1.54) is 19.2 Å². The van der Waals surface area contributed by atoms with Gasteiger partial charge in [-0.2, -0.15) is 0 Å². The minimum atomic E-state index is -0.426. The maximum absolute atomic E-state index is 11.4. The normalized spacial score (nSPS) is 16.8. The van der Waals surface area contributed by atoms with Crippen molar-refractivity contribution in [2.45, 2.75) is 45.9 Å². The lowest BCUT2D eigenvalue weighted by atomic mass is 9.96. The molecule has 1 N–H and O–H groups in total. The van der Waals surface area contributed by atoms with Crippen LogP contribution in [0.3, 0.4) is 0 Å². The van der Waals surface area contributed by atoms with Gasteiger partial charge in [0.25, 0.3) is 5.69 Å². The molecule has 2 unspecified atom stereocenters. The lowest BCUT2D eigenvalue weighted by molar-refractivity contribution is -0.384. The maximum Gasteiger partial charge on any atom is 0.273 e. The maximum atomic E-state index is 11.4. The number of aromatic nitrogens is 2. The number of non-ortho nitro benzene ring substituents is 1. The Labute approximate surface area is 238 Å². The molecule has 0 spiro atoms. The molecule has 2 aromatic carbocycles. The predicted octanol–water partition coefficient (Wildman–Crippen LogP) is 6.37. The molecular weight excluding hydrogens is 526 g/mol. The molecule has 2 atom stereocenters. The number of ether oxygens (including phenoxy) is 2. The highest BCUT2D eigenvalue weighted by Gasteiger charge is 2.42. The van der Waals surface area contributed by atoms with Gasteiger partial charge >= 0.3 is 0 Å². The first-order valence-electron chi connectivity index (χ1n) is 13.0. The number of nitrogens with one attached hydrogen (secondary N) is 1. The van der Waals surface area contributed by atoms with Gasteiger partial charge in [-0.15, -0.1) is 0 Å². The van der Waals surface area contributed by atoms with Gasteiger partial charge in [0.2, 0.25) is 0 Å². The van der Waals surface area contributed by atoms with Gasteiger partial charge in [-0.3, -0.25) is 15.1 Å². The highest BCUT2D eigenvalue weighted by molar-refractivity contribution is 7.80. The number of nitro groups is 1. The summed E-state index contributed by atoms with van der Waals surface area (Å²) < 4.78 is 13.5. The van der Waals surface area contributed by atoms with Crippen LogP contribution in [0.25, 0.3) is 5.69 Å². The number of anilines is 1. The molecule has 10 heteroatoms. The van der Waals surface area contributed by atoms with Crippen molar-refractivity contribution in [3.63, 3.8) is 0 Å². The van der Waals surface area contributed by atoms with Crippen LogP contribution < -0.4 is 19.7 Å². The second kappa shape index (κ2) is 11.0. The van der Waals surface area contributed by atoms with Gasteiger partial charge in [0.05, 0.1) is 47.7 Å². The van der Waals surface area contributed by atoms with E-state index >= 15 is 0 Å². The monoisotopic (exact) mass is 557 g/mol. The summed E-state index contributed by atoms with van der Waals surface area (Å²) in [7, 11) is 1.52. The summed E-state index contributed by atoms with van der Waals surface area (Å²) in [6, 6.07) is 20.1. The summed E-state index contributed by atoms with van der Waals surface area (Å²) in [6.45, 7) is 8.04. The molecule has 9 nitrogen and oxygen atoms in total. The zero-order valence-corrected chi connectivity index (χ0v) is 23.8. The summed E-state index contributed by atoms with van der Waals surface area (Å²) in [5.74, 6) is 1.21. The third-order valence-corrected chi connectivity index (χ3v) is 7.30. The van der Waals surface area contributed by atoms with Crippen LogP contribution in [0.5, 0.6) is 11.5 Å². The van der Waals surface area contributed by atoms with Crippen molar-refractivity contribution in [1.29, 1.82) is 0 Å². The molecule has 0 bridgehead atoms. The molecule has 5 rings (SSSR count). The summed E-state index contributed by atoms with van der Waals surface area (Å²) in [4.78, 5) is 17.7. The van der Waals surface area contributed by atoms with Crippen LogP contribution in [0.1, 0.15) is 48.6 Å². The minimum Gasteiger partial charge on any atom is -0.494 e. The van der Waals surface area contributed by atoms with Gasteiger partial charge < -0.3 is 24.3 Å². The summed E-state index contributed by atoms with van der Waals surface area (Å²) in [6.07, 6.45) is 1.85. The highest BCUT2D eigenvalue weighted by Crippen LogP contribution is 2.44. The molecule has 40 heavy (non-hydrogen) atoms. The van der Waals surface area contributed by atoms with Crippen LogP contribution in [-0.2, 0) is 0 Å². The minimum absolute atomic E-state index is 0.0279. The van der Waals surface area contributed by atoms with Crippen molar-refractivity contribution in [2.75, 3.05) is 12.0 Å². The van der Waals surface area contributed by atoms with Crippen LogP contribution in [0.2, 0.25) is 0 Å². The topological polar surface area (TPSA) is 94.7 Å². The number of nitro benzene ring substituents is 1. The molecule has 0 radical (unpaired) electrons. The Kier molecular flexibility index (Phi) is 7.44. The average molecular weight is 558 g/mol. The molecule has 0 aliphatic carbocycles. The smallest absolute Gasteiger partial charge is 0.273 e. The van der Waals surface area contributed by atoms with E-state index in [0.29, 0.717) is 10.9 Å². The summed E-state index contributed by atoms with van der Waals surface area (Å²) in [5.41, 5.74) is 5.46. The zero-order chi connectivity index (χ0) is 28.6. The van der Waals surface area contributed by atoms with Crippen LogP contribution >= 0.6 is 12.2 Å². The number of nitrogens with zero attached hydrogens (tertiary/aromatic N) is 4. The number of aryl methyl sites for hydroxylation is 1. The first kappa shape index (κ1) is 27.1. The predicted molar refractivity (Wildman–Crippen MR) is 159 cm³/mol. The summed E-state index contributed by atoms with van der Waals surface area (Å²) >= 11 is 5.90. The van der Waals surface area contributed by atoms with Crippen molar-refractivity contribution < 1.29 is 14.4 Å². The first-order chi connectivity index (χ1) is 19.2. The highest BCUT2D eigenvalue weighted by atomic mass is 32.1. The van der Waals surface area contributed by atoms with Crippen molar-refractivity contribution in [3.05, 3.63) is 106 Å². The second-order valence-corrected chi connectivity index (χ2v) is 10.3. The third kappa shape index (κ3) is 4.98. The van der Waals surface area contributed by atoms with Gasteiger partial charge in [0.1, 0.15) is 11.5 Å². The Balaban J connectivity index is 1.64. The number of thiocarbonyl (C=S) groups is 1. The first-order valence-corrected chi connectivity index (χ1v) is 13.4. The third-order valence-electron chi connectivity index (χ3n) is 6.99. The zero-order valence-electron chi connectivity index (χ0n) is 23.0. The Morgan fingerprint density at radius 1 is 1.07 bits per heavy atom. The fourth-order valence-corrected chi connectivity index (χ4v) is 5.67. The molecule has 1 saturated heterocycles. The van der Waals surface area contributed by atoms with Crippen LogP contribution in [0.4, 0.5) is 11.4 Å². The van der Waals surface area contributed by atoms with Crippen molar-refractivity contribution in [3.8, 4) is 17.2 Å². The van der Waals surface area contributed by atoms with Gasteiger partial charge in [0, 0.05) is 29.3 Å². The van der Waals surface area contributed by atoms with Crippen molar-refractivity contribution in [1.82, 2.24) is 14.9 Å². The Bertz CT molecular complexity index is 1550. The number of hydrogen-bond acceptors (Lipinski definition) is 6. The average Bonchev–Trinajstić information content (AvgIpc) is 3.43. The lowest BCUT2D eigenvalue weighted by Gasteiger charge is -2.28. The van der Waals surface area contributed by atoms with E-state index in [1.807, 2.05) is 70.2 Å². The van der Waals surface area contributed by atoms with Gasteiger partial charge in [-0.1, -0.05) is 6.07 Å². The molecule has 1 aliphatic heterocycles. The number of hydrogen-bond donors (Lipinski definition) is 1. The largest absolute Gasteiger partial charge is 0.494 e. The molecule has 1 fully saturated rings. The number of pyridine rings is 1. The van der Waals surface area contributed by atoms with Crippen LogP contribution in [-0.4, -0.2) is 32.8 Å². The molecule has 206 valence electrons. The standard InChI is InChI=1S/C30H31N5O4S/c1-18(2)39-23-12-9-21(10-13-23)34-29(28(32-30(34)40)25-8-6-7-15-31-25)24-16-19(3)33(20(24)4)26-14-11-22(35(36)37)17-27(26)38-5/h6-18,28-29H,1-5H3,(H,32,40). The number of rotatable bonds is 8. The molecule has 3 heterocycles. The van der Waals surface area contributed by atoms with E-state index in [-0.39, 0.29) is 23.9 Å². The lowest BCUT2D eigenvalue weighted by Crippen LogP contribution is -2.29. The van der Waals surface area contributed by atoms with Crippen molar-refractivity contribution >= 4 is 28.7 Å². The Morgan fingerprint density at radius 2 is 1.82 bits per heavy atom. The van der Waals surface area contributed by atoms with E-state index in [2.05, 4.69) is 25.8 Å².